The molecule has 0 bridgehead atoms. The van der Waals surface area contributed by atoms with Gasteiger partial charge in [0, 0.05) is 13.6 Å². The van der Waals surface area contributed by atoms with Crippen LogP contribution in [0.1, 0.15) is 37.6 Å². The van der Waals surface area contributed by atoms with Gasteiger partial charge in [-0.3, -0.25) is 9.48 Å². The molecule has 90 valence electrons. The lowest BCUT2D eigenvalue weighted by Gasteiger charge is -2.22. The number of hydrogen-bond acceptors (Lipinski definition) is 3. The predicted octanol–water partition coefficient (Wildman–Crippen LogP) is 1.17. The van der Waals surface area contributed by atoms with Crippen LogP contribution in [-0.4, -0.2) is 22.2 Å². The van der Waals surface area contributed by atoms with Crippen molar-refractivity contribution in [1.29, 1.82) is 0 Å². The second-order valence-electron chi connectivity index (χ2n) is 4.77. The normalized spacial score (nSPS) is 11.5. The minimum atomic E-state index is -0.160. The summed E-state index contributed by atoms with van der Waals surface area (Å²) in [4.78, 5) is 11.8. The van der Waals surface area contributed by atoms with E-state index in [9.17, 15) is 4.79 Å². The van der Waals surface area contributed by atoms with Crippen molar-refractivity contribution in [2.24, 2.45) is 12.5 Å². The van der Waals surface area contributed by atoms with Crippen LogP contribution in [0.5, 0.6) is 0 Å². The van der Waals surface area contributed by atoms with Crippen LogP contribution < -0.4 is 11.1 Å². The van der Waals surface area contributed by atoms with E-state index in [0.717, 1.165) is 6.42 Å². The van der Waals surface area contributed by atoms with E-state index in [1.165, 1.54) is 10.9 Å². The number of aryl methyl sites for hydroxylation is 1. The largest absolute Gasteiger partial charge is 0.383 e. The van der Waals surface area contributed by atoms with Crippen LogP contribution in [0.4, 0.5) is 5.82 Å². The number of amides is 1. The molecule has 1 amide bonds. The molecule has 5 heteroatoms. The lowest BCUT2D eigenvalue weighted by molar-refractivity contribution is 0.0936. The van der Waals surface area contributed by atoms with Gasteiger partial charge >= 0.3 is 0 Å². The Morgan fingerprint density at radius 1 is 1.62 bits per heavy atom. The van der Waals surface area contributed by atoms with Crippen molar-refractivity contribution < 1.29 is 4.79 Å². The zero-order valence-corrected chi connectivity index (χ0v) is 10.4. The van der Waals surface area contributed by atoms with Crippen molar-refractivity contribution in [2.75, 3.05) is 12.3 Å². The zero-order chi connectivity index (χ0) is 12.3. The number of hydrogen-bond donors (Lipinski definition) is 2. The fourth-order valence-electron chi connectivity index (χ4n) is 1.16. The second kappa shape index (κ2) is 4.55. The van der Waals surface area contributed by atoms with Gasteiger partial charge in [0.05, 0.1) is 6.20 Å². The van der Waals surface area contributed by atoms with Gasteiger partial charge in [-0.2, -0.15) is 5.10 Å². The standard InChI is InChI=1S/C11H20N4O/c1-5-11(2,3)7-13-10(16)8-6-14-15(4)9(8)12/h6H,5,7,12H2,1-4H3,(H,13,16). The van der Waals surface area contributed by atoms with Crippen molar-refractivity contribution in [3.05, 3.63) is 11.8 Å². The Hall–Kier alpha value is -1.52. The number of carbonyl (C=O) groups is 1. The molecule has 3 N–H and O–H groups in total. The van der Waals surface area contributed by atoms with Gasteiger partial charge in [-0.15, -0.1) is 0 Å². The van der Waals surface area contributed by atoms with Crippen LogP contribution in [0.25, 0.3) is 0 Å². The smallest absolute Gasteiger partial charge is 0.256 e. The number of nitrogen functional groups attached to an aromatic ring is 1. The molecule has 5 nitrogen and oxygen atoms in total. The van der Waals surface area contributed by atoms with Crippen molar-refractivity contribution in [3.8, 4) is 0 Å². The van der Waals surface area contributed by atoms with Gasteiger partial charge in [-0.05, 0) is 11.8 Å². The lowest BCUT2D eigenvalue weighted by atomic mass is 9.90. The van der Waals surface area contributed by atoms with Gasteiger partial charge in [-0.25, -0.2) is 0 Å². The summed E-state index contributed by atoms with van der Waals surface area (Å²) in [6.07, 6.45) is 2.50. The summed E-state index contributed by atoms with van der Waals surface area (Å²) in [6, 6.07) is 0. The Morgan fingerprint density at radius 3 is 2.69 bits per heavy atom. The maximum atomic E-state index is 11.8. The molecule has 0 saturated heterocycles. The Bertz CT molecular complexity index is 381. The Balaban J connectivity index is 2.64. The number of nitrogens with two attached hydrogens (primary N) is 1. The van der Waals surface area contributed by atoms with Crippen molar-refractivity contribution >= 4 is 11.7 Å². The summed E-state index contributed by atoms with van der Waals surface area (Å²) in [5, 5.41) is 6.80. The highest BCUT2D eigenvalue weighted by Gasteiger charge is 2.19. The van der Waals surface area contributed by atoms with E-state index in [4.69, 9.17) is 5.73 Å². The highest BCUT2D eigenvalue weighted by molar-refractivity contribution is 5.98. The van der Waals surface area contributed by atoms with Gasteiger partial charge < -0.3 is 11.1 Å². The monoisotopic (exact) mass is 224 g/mol. The maximum absolute atomic E-state index is 11.8. The fraction of sp³-hybridized carbons (Fsp3) is 0.636. The van der Waals surface area contributed by atoms with E-state index in [1.807, 2.05) is 0 Å². The summed E-state index contributed by atoms with van der Waals surface area (Å²) >= 11 is 0. The Kier molecular flexibility index (Phi) is 3.57. The van der Waals surface area contributed by atoms with Crippen LogP contribution in [0.15, 0.2) is 6.20 Å². The maximum Gasteiger partial charge on any atom is 0.256 e. The number of rotatable bonds is 4. The highest BCUT2D eigenvalue weighted by atomic mass is 16.1. The molecule has 0 saturated carbocycles. The molecular formula is C11H20N4O. The van der Waals surface area contributed by atoms with Crippen LogP contribution in [0.3, 0.4) is 0 Å². The van der Waals surface area contributed by atoms with Gasteiger partial charge in [0.15, 0.2) is 0 Å². The number of nitrogens with one attached hydrogen (secondary N) is 1. The summed E-state index contributed by atoms with van der Waals surface area (Å²) in [7, 11) is 1.71. The van der Waals surface area contributed by atoms with E-state index in [-0.39, 0.29) is 11.3 Å². The summed E-state index contributed by atoms with van der Waals surface area (Å²) in [5.74, 6) is 0.235. The van der Waals surface area contributed by atoms with Gasteiger partial charge in [0.2, 0.25) is 0 Å². The molecule has 1 aromatic heterocycles. The van der Waals surface area contributed by atoms with E-state index in [0.29, 0.717) is 17.9 Å². The Labute approximate surface area is 96.0 Å². The van der Waals surface area contributed by atoms with Crippen molar-refractivity contribution in [3.63, 3.8) is 0 Å². The van der Waals surface area contributed by atoms with Crippen LogP contribution >= 0.6 is 0 Å². The van der Waals surface area contributed by atoms with Crippen LogP contribution in [0.2, 0.25) is 0 Å². The number of aromatic nitrogens is 2. The summed E-state index contributed by atoms with van der Waals surface area (Å²) in [6.45, 7) is 6.96. The average molecular weight is 224 g/mol. The molecule has 0 aliphatic carbocycles. The average Bonchev–Trinajstić information content (AvgIpc) is 2.57. The Morgan fingerprint density at radius 2 is 2.25 bits per heavy atom. The SMILES string of the molecule is CCC(C)(C)CNC(=O)c1cnn(C)c1N. The molecule has 1 rings (SSSR count). The topological polar surface area (TPSA) is 72.9 Å². The van der Waals surface area contributed by atoms with E-state index < -0.39 is 0 Å². The third-order valence-corrected chi connectivity index (χ3v) is 2.91. The lowest BCUT2D eigenvalue weighted by Crippen LogP contribution is -2.33. The van der Waals surface area contributed by atoms with Crippen molar-refractivity contribution in [2.45, 2.75) is 27.2 Å². The first kappa shape index (κ1) is 12.5. The first-order valence-electron chi connectivity index (χ1n) is 5.43. The molecule has 0 radical (unpaired) electrons. The molecule has 1 heterocycles. The number of nitrogens with zero attached hydrogens (tertiary/aromatic N) is 2. The summed E-state index contributed by atoms with van der Waals surface area (Å²) in [5.41, 5.74) is 6.26. The predicted molar refractivity (Wildman–Crippen MR) is 64.0 cm³/mol. The molecule has 0 atom stereocenters. The number of anilines is 1. The van der Waals surface area contributed by atoms with Crippen LogP contribution in [-0.2, 0) is 7.05 Å². The molecule has 0 spiro atoms. The molecule has 0 aliphatic rings. The minimum absolute atomic E-state index is 0.104. The molecule has 0 fully saturated rings. The van der Waals surface area contributed by atoms with Crippen molar-refractivity contribution in [1.82, 2.24) is 15.1 Å². The van der Waals surface area contributed by atoms with Crippen LogP contribution in [0, 0.1) is 5.41 Å². The van der Waals surface area contributed by atoms with E-state index in [2.05, 4.69) is 31.2 Å². The minimum Gasteiger partial charge on any atom is -0.383 e. The molecular weight excluding hydrogens is 204 g/mol. The van der Waals surface area contributed by atoms with Gasteiger partial charge in [0.25, 0.3) is 5.91 Å². The molecule has 1 aromatic rings. The third-order valence-electron chi connectivity index (χ3n) is 2.91. The van der Waals surface area contributed by atoms with E-state index in [1.54, 1.807) is 7.05 Å². The summed E-state index contributed by atoms with van der Waals surface area (Å²) < 4.78 is 1.49. The third kappa shape index (κ3) is 2.74. The van der Waals surface area contributed by atoms with Gasteiger partial charge in [-0.1, -0.05) is 20.8 Å². The molecule has 0 unspecified atom stereocenters. The zero-order valence-electron chi connectivity index (χ0n) is 10.4. The quantitative estimate of drug-likeness (QED) is 0.806. The molecule has 16 heavy (non-hydrogen) atoms. The van der Waals surface area contributed by atoms with E-state index >= 15 is 0 Å². The first-order chi connectivity index (χ1) is 7.37. The van der Waals surface area contributed by atoms with Gasteiger partial charge in [0.1, 0.15) is 11.4 Å². The number of carbonyl (C=O) groups excluding carboxylic acids is 1. The fourth-order valence-corrected chi connectivity index (χ4v) is 1.16. The highest BCUT2D eigenvalue weighted by Crippen LogP contribution is 2.18. The second-order valence-corrected chi connectivity index (χ2v) is 4.77. The molecule has 0 aromatic carbocycles. The first-order valence-corrected chi connectivity index (χ1v) is 5.43. The molecule has 0 aliphatic heterocycles.